The third-order valence-corrected chi connectivity index (χ3v) is 6.61. The lowest BCUT2D eigenvalue weighted by Crippen LogP contribution is -2.39. The van der Waals surface area contributed by atoms with E-state index in [2.05, 4.69) is 59.0 Å². The second-order valence-corrected chi connectivity index (χ2v) is 10.7. The van der Waals surface area contributed by atoms with Gasteiger partial charge >= 0.3 is 18.1 Å². The average Bonchev–Trinajstić information content (AvgIpc) is 3.51. The Hall–Kier alpha value is -3.36. The molecule has 0 radical (unpaired) electrons. The van der Waals surface area contributed by atoms with E-state index < -0.39 is 36.0 Å². The van der Waals surface area contributed by atoms with E-state index in [1.54, 1.807) is 0 Å². The van der Waals surface area contributed by atoms with Crippen molar-refractivity contribution in [1.82, 2.24) is 24.5 Å². The van der Waals surface area contributed by atoms with Crippen LogP contribution in [-0.2, 0) is 15.8 Å². The van der Waals surface area contributed by atoms with Crippen LogP contribution in [0.4, 0.5) is 13.2 Å². The van der Waals surface area contributed by atoms with Gasteiger partial charge in [-0.1, -0.05) is 39.0 Å². The molecule has 4 N–H and O–H groups in total. The number of allylic oxidation sites excluding steroid dienone is 2. The Bertz CT molecular complexity index is 1240. The Morgan fingerprint density at radius 2 is 1.77 bits per heavy atom. The number of piperidine rings is 1. The van der Waals surface area contributed by atoms with Crippen LogP contribution >= 0.6 is 0 Å². The first-order chi connectivity index (χ1) is 18.1. The van der Waals surface area contributed by atoms with Crippen molar-refractivity contribution in [2.45, 2.75) is 57.9 Å². The average molecular weight is 556 g/mol. The van der Waals surface area contributed by atoms with Crippen molar-refractivity contribution in [1.29, 1.82) is 0 Å². The van der Waals surface area contributed by atoms with Crippen LogP contribution < -0.4 is 0 Å². The molecular weight excluding hydrogens is 523 g/mol. The molecule has 2 aliphatic rings. The lowest BCUT2D eigenvalue weighted by atomic mass is 9.82. The van der Waals surface area contributed by atoms with E-state index in [9.17, 15) is 22.8 Å². The summed E-state index contributed by atoms with van der Waals surface area (Å²) in [5.41, 5.74) is 1.10. The first-order valence-electron chi connectivity index (χ1n) is 12.3. The summed E-state index contributed by atoms with van der Waals surface area (Å²) in [5, 5.41) is 36.2. The Morgan fingerprint density at radius 3 is 2.31 bits per heavy atom. The summed E-state index contributed by atoms with van der Waals surface area (Å²) in [6, 6.07) is 1.14. The molecule has 3 heterocycles. The predicted molar refractivity (Wildman–Crippen MR) is 132 cm³/mol. The van der Waals surface area contributed by atoms with Crippen LogP contribution in [0.5, 0.6) is 0 Å². The van der Waals surface area contributed by atoms with Crippen molar-refractivity contribution >= 4 is 17.7 Å². The van der Waals surface area contributed by atoms with Crippen molar-refractivity contribution in [3.63, 3.8) is 0 Å². The van der Waals surface area contributed by atoms with Crippen LogP contribution in [0.15, 0.2) is 36.2 Å². The number of carboxylic acids is 2. The third-order valence-electron chi connectivity index (χ3n) is 6.61. The second kappa shape index (κ2) is 11.8. The second-order valence-electron chi connectivity index (χ2n) is 10.7. The molecule has 1 saturated heterocycles. The molecule has 4 rings (SSSR count). The van der Waals surface area contributed by atoms with Gasteiger partial charge in [0.1, 0.15) is 6.33 Å². The third kappa shape index (κ3) is 7.61. The van der Waals surface area contributed by atoms with Crippen molar-refractivity contribution in [3.8, 4) is 0 Å². The number of halogens is 3. The molecule has 11 nitrogen and oxygen atoms in total. The van der Waals surface area contributed by atoms with Gasteiger partial charge in [0.05, 0.1) is 5.69 Å². The predicted octanol–water partition coefficient (Wildman–Crippen LogP) is 2.36. The van der Waals surface area contributed by atoms with E-state index in [0.717, 1.165) is 42.8 Å². The van der Waals surface area contributed by atoms with Crippen molar-refractivity contribution in [2.24, 2.45) is 11.3 Å². The van der Waals surface area contributed by atoms with Crippen LogP contribution in [0.1, 0.15) is 50.9 Å². The first-order valence-corrected chi connectivity index (χ1v) is 12.3. The SMILES string of the molecule is CC(C)(C)C1C=CC(CN2CCCC(c3cc(C(F)(F)F)n4ncnc4n3)C2)=C1.O=C(O)C(O)C(O)C(=O)O. The summed E-state index contributed by atoms with van der Waals surface area (Å²) in [6.45, 7) is 9.13. The number of hydrogen-bond acceptors (Lipinski definition) is 8. The van der Waals surface area contributed by atoms with E-state index in [0.29, 0.717) is 18.2 Å². The molecule has 39 heavy (non-hydrogen) atoms. The lowest BCUT2D eigenvalue weighted by Gasteiger charge is -2.33. The number of aliphatic carboxylic acids is 2. The van der Waals surface area contributed by atoms with Gasteiger partial charge in [-0.3, -0.25) is 4.90 Å². The van der Waals surface area contributed by atoms with E-state index in [1.807, 2.05) is 0 Å². The number of fused-ring (bicyclic) bond motifs is 1. The van der Waals surface area contributed by atoms with Gasteiger partial charge in [0.15, 0.2) is 17.9 Å². The summed E-state index contributed by atoms with van der Waals surface area (Å²) in [7, 11) is 0. The number of carbonyl (C=O) groups is 2. The van der Waals surface area contributed by atoms with Crippen LogP contribution in [0.3, 0.4) is 0 Å². The number of carboxylic acid groups (broad SMARTS) is 2. The van der Waals surface area contributed by atoms with E-state index in [4.69, 9.17) is 20.4 Å². The van der Waals surface area contributed by atoms with Gasteiger partial charge in [-0.15, -0.1) is 0 Å². The highest BCUT2D eigenvalue weighted by Gasteiger charge is 2.36. The maximum absolute atomic E-state index is 13.5. The Balaban J connectivity index is 0.000000360. The number of aromatic nitrogens is 4. The minimum absolute atomic E-state index is 0.00130. The molecule has 0 amide bonds. The molecule has 14 heteroatoms. The van der Waals surface area contributed by atoms with Crippen LogP contribution in [0, 0.1) is 11.3 Å². The highest BCUT2D eigenvalue weighted by molar-refractivity contribution is 5.83. The Kier molecular flexibility index (Phi) is 9.13. The maximum Gasteiger partial charge on any atom is 0.433 e. The van der Waals surface area contributed by atoms with Gasteiger partial charge < -0.3 is 20.4 Å². The maximum atomic E-state index is 13.5. The molecule has 2 aromatic rings. The zero-order valence-corrected chi connectivity index (χ0v) is 21.7. The molecule has 1 fully saturated rings. The Labute approximate surface area is 222 Å². The summed E-state index contributed by atoms with van der Waals surface area (Å²) < 4.78 is 41.2. The van der Waals surface area contributed by atoms with Gasteiger partial charge in [0, 0.05) is 24.9 Å². The smallest absolute Gasteiger partial charge is 0.433 e. The molecular formula is C25H32F3N5O6. The first kappa shape index (κ1) is 30.2. The van der Waals surface area contributed by atoms with Crippen LogP contribution in [0.25, 0.3) is 5.78 Å². The largest absolute Gasteiger partial charge is 0.479 e. The quantitative estimate of drug-likeness (QED) is 0.416. The van der Waals surface area contributed by atoms with Crippen molar-refractivity contribution in [3.05, 3.63) is 47.6 Å². The molecule has 1 aliphatic carbocycles. The van der Waals surface area contributed by atoms with Crippen molar-refractivity contribution in [2.75, 3.05) is 19.6 Å². The molecule has 2 aromatic heterocycles. The topological polar surface area (TPSA) is 161 Å². The van der Waals surface area contributed by atoms with E-state index >= 15 is 0 Å². The molecule has 4 unspecified atom stereocenters. The number of rotatable bonds is 6. The fraction of sp³-hybridized carbons (Fsp3) is 0.560. The zero-order chi connectivity index (χ0) is 29.1. The number of likely N-dealkylation sites (tertiary alicyclic amines) is 1. The standard InChI is InChI=1S/C21H26F3N5.C4H6O6/c1-20(2,3)16-7-6-14(9-16)11-28-8-4-5-15(12-28)17-10-18(21(22,23)24)29-19(27-17)25-13-26-29;5-1(3(7)8)2(6)4(9)10/h6-7,9-10,13,15-16H,4-5,8,11-12H2,1-3H3;1-2,5-6H,(H,7,8)(H,9,10). The molecule has 0 bridgehead atoms. The monoisotopic (exact) mass is 555 g/mol. The molecule has 1 aliphatic heterocycles. The minimum Gasteiger partial charge on any atom is -0.479 e. The minimum atomic E-state index is -4.50. The van der Waals surface area contributed by atoms with Gasteiger partial charge in [-0.05, 0) is 36.4 Å². The van der Waals surface area contributed by atoms with Crippen LogP contribution in [0.2, 0.25) is 0 Å². The normalized spacial score (nSPS) is 21.7. The fourth-order valence-electron chi connectivity index (χ4n) is 4.42. The van der Waals surface area contributed by atoms with Gasteiger partial charge in [0.25, 0.3) is 5.78 Å². The van der Waals surface area contributed by atoms with Crippen LogP contribution in [-0.4, -0.2) is 88.7 Å². The van der Waals surface area contributed by atoms with Gasteiger partial charge in [-0.2, -0.15) is 27.8 Å². The molecule has 0 spiro atoms. The highest BCUT2D eigenvalue weighted by Crippen LogP contribution is 2.35. The number of nitrogens with zero attached hydrogens (tertiary/aromatic N) is 5. The van der Waals surface area contributed by atoms with E-state index in [1.165, 1.54) is 5.57 Å². The number of alkyl halides is 3. The Morgan fingerprint density at radius 1 is 1.13 bits per heavy atom. The molecule has 0 aromatic carbocycles. The fourth-order valence-corrected chi connectivity index (χ4v) is 4.42. The molecule has 4 atom stereocenters. The number of hydrogen-bond donors (Lipinski definition) is 4. The van der Waals surface area contributed by atoms with Gasteiger partial charge in [0.2, 0.25) is 0 Å². The summed E-state index contributed by atoms with van der Waals surface area (Å²) in [5.74, 6) is -3.16. The summed E-state index contributed by atoms with van der Waals surface area (Å²) in [6.07, 6.45) is 0.574. The molecule has 214 valence electrons. The lowest BCUT2D eigenvalue weighted by molar-refractivity contribution is -0.165. The van der Waals surface area contributed by atoms with E-state index in [-0.39, 0.29) is 17.1 Å². The van der Waals surface area contributed by atoms with Crippen molar-refractivity contribution < 1.29 is 43.2 Å². The summed E-state index contributed by atoms with van der Waals surface area (Å²) >= 11 is 0. The number of aliphatic hydroxyl groups is 2. The zero-order valence-electron chi connectivity index (χ0n) is 21.7. The highest BCUT2D eigenvalue weighted by atomic mass is 19.4. The number of aliphatic hydroxyl groups excluding tert-OH is 2. The molecule has 0 saturated carbocycles. The summed E-state index contributed by atoms with van der Waals surface area (Å²) in [4.78, 5) is 30.1. The van der Waals surface area contributed by atoms with Gasteiger partial charge in [-0.25, -0.2) is 14.6 Å².